The summed E-state index contributed by atoms with van der Waals surface area (Å²) in [6, 6.07) is 10.8. The van der Waals surface area contributed by atoms with Crippen LogP contribution < -0.4 is 35.3 Å². The second kappa shape index (κ2) is 42.9. The number of rotatable bonds is 6. The van der Waals surface area contributed by atoms with Crippen molar-refractivity contribution >= 4 is 169 Å². The molecule has 0 unspecified atom stereocenters. The van der Waals surface area contributed by atoms with Crippen LogP contribution in [-0.4, -0.2) is 76.5 Å². The number of nitrogens with zero attached hydrogens (tertiary/aromatic N) is 7. The maximum atomic E-state index is 10.9. The van der Waals surface area contributed by atoms with Crippen molar-refractivity contribution < 1.29 is 98.3 Å². The number of thioether (sulfide) groups is 1. The molecule has 0 saturated heterocycles. The summed E-state index contributed by atoms with van der Waals surface area (Å²) < 4.78 is 44.2. The normalized spacial score (nSPS) is 8.90. The molecule has 320 valence electrons. The number of alkyl halides is 3. The molecular formula is C28H36ClI4N8NaO10S4V2-2. The van der Waals surface area contributed by atoms with Gasteiger partial charge in [0.05, 0.1) is 31.7 Å². The first kappa shape index (κ1) is 75.9. The zero-order chi connectivity index (χ0) is 41.9. The van der Waals surface area contributed by atoms with Gasteiger partial charge in [0.15, 0.2) is 29.7 Å². The molecule has 4 aromatic rings. The van der Waals surface area contributed by atoms with E-state index in [1.807, 2.05) is 28.8 Å². The Kier molecular flexibility index (Phi) is 56.1. The molecule has 0 saturated carbocycles. The molecule has 0 aliphatic rings. The number of aromatic nitrogens is 4. The average Bonchev–Trinajstić information content (AvgIpc) is 3.10. The van der Waals surface area contributed by atoms with Crippen LogP contribution in [0.4, 0.5) is 22.7 Å². The van der Waals surface area contributed by atoms with Gasteiger partial charge in [0, 0.05) is 67.8 Å². The van der Waals surface area contributed by atoms with Crippen LogP contribution >= 0.6 is 114 Å². The molecule has 0 bridgehead atoms. The van der Waals surface area contributed by atoms with Gasteiger partial charge in [0.25, 0.3) is 17.1 Å². The van der Waals surface area contributed by atoms with Gasteiger partial charge in [-0.2, -0.15) is 6.26 Å². The third-order valence-corrected chi connectivity index (χ3v) is 7.40. The minimum atomic E-state index is -3.38. The van der Waals surface area contributed by atoms with Crippen LogP contribution in [-0.2, 0) is 69.4 Å². The van der Waals surface area contributed by atoms with Crippen LogP contribution in [0, 0.1) is 42.7 Å². The first-order chi connectivity index (χ1) is 24.6. The van der Waals surface area contributed by atoms with E-state index < -0.39 is 34.4 Å². The minimum absolute atomic E-state index is 0. The first-order valence-corrected chi connectivity index (χ1v) is 24.3. The fraction of sp³-hybridized carbons (Fsp3) is 0.214. The second-order valence-electron chi connectivity index (χ2n) is 8.25. The van der Waals surface area contributed by atoms with E-state index in [1.54, 1.807) is 12.3 Å². The minimum Gasteiger partial charge on any atom is -0.796 e. The van der Waals surface area contributed by atoms with Gasteiger partial charge < -0.3 is 48.4 Å². The van der Waals surface area contributed by atoms with Crippen molar-refractivity contribution in [2.24, 2.45) is 0 Å². The van der Waals surface area contributed by atoms with E-state index >= 15 is 0 Å². The van der Waals surface area contributed by atoms with E-state index in [0.717, 1.165) is 42.0 Å². The number of hydrogen-bond donors (Lipinski definition) is 1. The number of hydrogen-bond acceptors (Lipinski definition) is 17. The summed E-state index contributed by atoms with van der Waals surface area (Å²) in [5.41, 5.74) is 5.52. The summed E-state index contributed by atoms with van der Waals surface area (Å²) in [6.45, 7) is 0. The quantitative estimate of drug-likeness (QED) is 0.0273. The summed E-state index contributed by atoms with van der Waals surface area (Å²) in [4.78, 5) is 46.4. The molecule has 2 radical (unpaired) electrons. The molecule has 4 aromatic heterocycles. The number of sulfone groups is 2. The number of nitro groups is 3. The summed E-state index contributed by atoms with van der Waals surface area (Å²) in [6.07, 6.45) is 10.1. The molecule has 0 spiro atoms. The van der Waals surface area contributed by atoms with Crippen molar-refractivity contribution in [2.75, 3.05) is 30.8 Å². The Morgan fingerprint density at radius 1 is 0.707 bits per heavy atom. The van der Waals surface area contributed by atoms with Crippen molar-refractivity contribution in [1.82, 2.24) is 19.9 Å². The standard InChI is InChI=1S/C6H6N2O4S.C6H8N2O2S.C6H6N2O2S.C5H3ClN2O2.CHI3.CH2I.CH4S.CH4.CH3.Na.2V/c1-13(11,12)6-3-2-5(4-7-6)8(9)10;1-11(9,10)6-3-2-5(7)4-8-6;1-11-6-3-2-5(4-7-6)8(9)10;6-5-2-1-4(3-7-5)8(9)10;2-1(3)4;2*1-2;;;;;/h2-4H,1H3;2-4H,7H2,1H3;2-4H,1H3;1-3H;1H;1H2;2H,1H3;1H4;1H3;;;/q;;;;;-1;;;-1;+1;;/p-1. The van der Waals surface area contributed by atoms with Crippen LogP contribution in [0.3, 0.4) is 0 Å². The van der Waals surface area contributed by atoms with Gasteiger partial charge >= 0.3 is 29.6 Å². The average molecular weight is 1440 g/mol. The van der Waals surface area contributed by atoms with Gasteiger partial charge in [-0.25, -0.2) is 36.8 Å². The van der Waals surface area contributed by atoms with Crippen LogP contribution in [0.1, 0.15) is 7.43 Å². The maximum Gasteiger partial charge on any atom is 1.00 e. The van der Waals surface area contributed by atoms with E-state index in [9.17, 15) is 47.2 Å². The zero-order valence-electron chi connectivity index (χ0n) is 30.4. The van der Waals surface area contributed by atoms with Crippen LogP contribution in [0.25, 0.3) is 0 Å². The Morgan fingerprint density at radius 3 is 1.24 bits per heavy atom. The zero-order valence-corrected chi connectivity index (χ0v) is 47.9. The van der Waals surface area contributed by atoms with Gasteiger partial charge in [0.1, 0.15) is 23.7 Å². The fourth-order valence-corrected chi connectivity index (χ4v) is 3.98. The Balaban J connectivity index is -0.0000000880. The maximum absolute atomic E-state index is 10.9. The molecule has 18 nitrogen and oxygen atoms in total. The SMILES string of the molecule is C.CS(=O)(=O)c1ccc(N)cn1.CS(=O)(=O)c1ccc([N+](=O)[O-])cn1.CSc1ccc([N+](=O)[O-])cn1.C[S-].IC(I)I.O=[N+]([O-])c1ccc(Cl)nc1.[CH2-]I.[CH3-].[Na+].[V].[V]. The van der Waals surface area contributed by atoms with Gasteiger partial charge in [0.2, 0.25) is 0 Å². The van der Waals surface area contributed by atoms with Gasteiger partial charge in [-0.05, 0) is 36.6 Å². The fourth-order valence-electron chi connectivity index (χ4n) is 2.39. The summed E-state index contributed by atoms with van der Waals surface area (Å²) in [7, 11) is -6.57. The second-order valence-corrected chi connectivity index (χ2v) is 24.3. The van der Waals surface area contributed by atoms with E-state index in [-0.39, 0.29) is 114 Å². The molecule has 0 aromatic carbocycles. The number of anilines is 1. The molecule has 0 atom stereocenters. The van der Waals surface area contributed by atoms with Crippen molar-refractivity contribution in [3.63, 3.8) is 0 Å². The van der Waals surface area contributed by atoms with Crippen molar-refractivity contribution in [1.29, 1.82) is 0 Å². The molecule has 4 heterocycles. The molecule has 0 amide bonds. The van der Waals surface area contributed by atoms with Crippen LogP contribution in [0.15, 0.2) is 88.4 Å². The monoisotopic (exact) mass is 1440 g/mol. The first-order valence-electron chi connectivity index (χ1n) is 12.8. The molecular weight excluding hydrogens is 1400 g/mol. The van der Waals surface area contributed by atoms with Crippen LogP contribution in [0.2, 0.25) is 5.15 Å². The summed E-state index contributed by atoms with van der Waals surface area (Å²) in [5.74, 6) is 0. The number of pyridine rings is 4. The van der Waals surface area contributed by atoms with Crippen molar-refractivity contribution in [3.8, 4) is 0 Å². The molecule has 0 fully saturated rings. The Hall–Kier alpha value is 0.579. The van der Waals surface area contributed by atoms with E-state index in [1.165, 1.54) is 54.5 Å². The van der Waals surface area contributed by atoms with Gasteiger partial charge in [-0.1, -0.05) is 86.8 Å². The third-order valence-electron chi connectivity index (χ3n) is 4.51. The summed E-state index contributed by atoms with van der Waals surface area (Å²) in [5, 5.41) is 31.3. The Labute approximate surface area is 454 Å². The van der Waals surface area contributed by atoms with E-state index in [4.69, 9.17) is 17.3 Å². The molecule has 58 heavy (non-hydrogen) atoms. The summed E-state index contributed by atoms with van der Waals surface area (Å²) >= 11 is 19.8. The molecule has 4 rings (SSSR count). The third kappa shape index (κ3) is 39.4. The molecule has 30 heteroatoms. The predicted octanol–water partition coefficient (Wildman–Crippen LogP) is 5.85. The molecule has 2 N–H and O–H groups in total. The van der Waals surface area contributed by atoms with Gasteiger partial charge in [-0.3, -0.25) is 35.3 Å². The van der Waals surface area contributed by atoms with E-state index in [0.29, 0.717) is 5.69 Å². The largest absolute Gasteiger partial charge is 1.00 e. The van der Waals surface area contributed by atoms with E-state index in [2.05, 4.69) is 105 Å². The number of nitrogens with two attached hydrogens (primary N) is 1. The smallest absolute Gasteiger partial charge is 0.796 e. The molecule has 0 aliphatic heterocycles. The van der Waals surface area contributed by atoms with Crippen molar-refractivity contribution in [3.05, 3.63) is 121 Å². The Morgan fingerprint density at radius 2 is 1.02 bits per heavy atom. The topological polar surface area (TPSA) is 275 Å². The predicted molar refractivity (Wildman–Crippen MR) is 256 cm³/mol. The number of nitrogen functional groups attached to an aromatic ring is 1. The van der Waals surface area contributed by atoms with Crippen molar-refractivity contribution in [2.45, 2.75) is 22.4 Å². The van der Waals surface area contributed by atoms with Crippen LogP contribution in [0.5, 0.6) is 0 Å². The Bertz CT molecular complexity index is 1910. The number of halogens is 5. The molecule has 0 aliphatic carbocycles. The van der Waals surface area contributed by atoms with Gasteiger partial charge in [-0.15, -0.1) is 11.8 Å².